The molecule has 5 heteroatoms. The molecule has 0 rings (SSSR count). The Bertz CT molecular complexity index is 55.3. The third kappa shape index (κ3) is 55.9. The van der Waals surface area contributed by atoms with Crippen molar-refractivity contribution in [1.82, 2.24) is 0 Å². The van der Waals surface area contributed by atoms with Crippen LogP contribution >= 0.6 is 0 Å². The van der Waals surface area contributed by atoms with Crippen LogP contribution < -0.4 is 0 Å². The summed E-state index contributed by atoms with van der Waals surface area (Å²) in [5, 5.41) is 0. The van der Waals surface area contributed by atoms with Gasteiger partial charge in [-0.05, 0) is 0 Å². The van der Waals surface area contributed by atoms with Crippen molar-refractivity contribution in [2.75, 3.05) is 0 Å². The van der Waals surface area contributed by atoms with Gasteiger partial charge in [0.15, 0.2) is 0 Å². The molecule has 0 bridgehead atoms. The van der Waals surface area contributed by atoms with Gasteiger partial charge in [0.2, 0.25) is 0 Å². The Morgan fingerprint density at radius 3 is 1.40 bits per heavy atom. The molecule has 0 aromatic carbocycles. The summed E-state index contributed by atoms with van der Waals surface area (Å²) in [5.41, 5.74) is 0. The van der Waals surface area contributed by atoms with Crippen molar-refractivity contribution in [1.29, 1.82) is 0 Å². The van der Waals surface area contributed by atoms with E-state index in [4.69, 9.17) is 11.4 Å². The minimum absolute atomic E-state index is 0. The fraction of sp³-hybridized carbons (Fsp3) is 0. The monoisotopic (exact) mass is 198 g/mol. The van der Waals surface area contributed by atoms with Gasteiger partial charge in [0.05, 0.1) is 0 Å². The van der Waals surface area contributed by atoms with E-state index in [1.54, 1.807) is 0 Å². The third-order valence-corrected chi connectivity index (χ3v) is 0. The van der Waals surface area contributed by atoms with Crippen molar-refractivity contribution in [3.8, 4) is 0 Å². The maximum atomic E-state index is 8.67. The van der Waals surface area contributed by atoms with Crippen LogP contribution in [-0.2, 0) is 43.8 Å². The molecule has 0 spiro atoms. The Kier molecular flexibility index (Phi) is 8.96. The summed E-state index contributed by atoms with van der Waals surface area (Å²) in [4.78, 5) is 0. The molecule has 0 saturated heterocycles. The summed E-state index contributed by atoms with van der Waals surface area (Å²) in [6.45, 7) is 0. The van der Waals surface area contributed by atoms with E-state index in [2.05, 4.69) is 0 Å². The molecule has 0 aromatic rings. The Balaban J connectivity index is 0. The first-order chi connectivity index (χ1) is 1.73. The number of hydrogen-bond acceptors (Lipinski definition) is 2. The second-order valence-electron chi connectivity index (χ2n) is 0.238. The molecule has 0 aliphatic rings. The van der Waals surface area contributed by atoms with Gasteiger partial charge in [-0.3, -0.25) is 0 Å². The van der Waals surface area contributed by atoms with Crippen molar-refractivity contribution in [2.45, 2.75) is 0 Å². The van der Waals surface area contributed by atoms with E-state index in [1.165, 1.54) is 0 Å². The predicted molar refractivity (Wildman–Crippen MR) is 3.59 cm³/mol. The van der Waals surface area contributed by atoms with Crippen LogP contribution in [-0.4, -0.2) is 4.03 Å². The van der Waals surface area contributed by atoms with E-state index in [-0.39, 0.29) is 21.1 Å². The summed E-state index contributed by atoms with van der Waals surface area (Å²) in [5.74, 6) is 0. The molecule has 0 radical (unpaired) electrons. The van der Waals surface area contributed by atoms with Gasteiger partial charge >= 0.3 is 26.8 Å². The Morgan fingerprint density at radius 2 is 1.40 bits per heavy atom. The normalized spacial score (nSPS) is 5.00. The van der Waals surface area contributed by atoms with Crippen molar-refractivity contribution < 1.29 is 47.8 Å². The van der Waals surface area contributed by atoms with Crippen LogP contribution in [0, 0.1) is 0 Å². The molecule has 0 amide bonds. The molecule has 0 unspecified atom stereocenters. The zero-order valence-corrected chi connectivity index (χ0v) is 5.52. The third-order valence-electron chi connectivity index (χ3n) is 0. The number of rotatable bonds is 0. The molecular formula is HMoO3V. The van der Waals surface area contributed by atoms with Crippen molar-refractivity contribution in [3.05, 3.63) is 0 Å². The molecule has 0 fully saturated rings. The topological polar surface area (TPSA) is 54.4 Å². The average molecular weight is 196 g/mol. The van der Waals surface area contributed by atoms with Gasteiger partial charge in [-0.15, -0.1) is 0 Å². The zero-order chi connectivity index (χ0) is 3.58. The standard InChI is InChI=1S/Mo.H2O.2O.V/h;1H2;;;/q;;;;+1/p-1. The van der Waals surface area contributed by atoms with Crippen LogP contribution in [0.25, 0.3) is 0 Å². The number of hydrogen-bond donors (Lipinski definition) is 1. The van der Waals surface area contributed by atoms with E-state index < -0.39 is 15.4 Å². The van der Waals surface area contributed by atoms with Crippen LogP contribution in [0.15, 0.2) is 0 Å². The molecule has 5 heavy (non-hydrogen) atoms. The SMILES string of the molecule is [Mo].[O]=[V](=[O])[OH]. The van der Waals surface area contributed by atoms with Crippen LogP contribution in [0.2, 0.25) is 0 Å². The van der Waals surface area contributed by atoms with E-state index in [9.17, 15) is 0 Å². The molecule has 0 saturated carbocycles. The summed E-state index contributed by atoms with van der Waals surface area (Å²) >= 11 is -3.69. The van der Waals surface area contributed by atoms with E-state index in [0.717, 1.165) is 0 Å². The van der Waals surface area contributed by atoms with Crippen molar-refractivity contribution in [2.24, 2.45) is 0 Å². The first-order valence-corrected chi connectivity index (χ1v) is 2.33. The fourth-order valence-corrected chi connectivity index (χ4v) is 0. The molecule has 0 aliphatic carbocycles. The molecule has 3 nitrogen and oxygen atoms in total. The molecule has 30 valence electrons. The molecule has 0 aliphatic heterocycles. The molecular weight excluding hydrogens is 195 g/mol. The van der Waals surface area contributed by atoms with Crippen molar-refractivity contribution >= 4 is 0 Å². The molecule has 0 atom stereocenters. The second kappa shape index (κ2) is 4.83. The summed E-state index contributed by atoms with van der Waals surface area (Å²) in [6, 6.07) is 0. The Hall–Kier alpha value is 0.833. The Labute approximate surface area is 48.0 Å². The Morgan fingerprint density at radius 1 is 1.40 bits per heavy atom. The molecule has 0 aromatic heterocycles. The van der Waals surface area contributed by atoms with Gasteiger partial charge in [0, 0.05) is 21.1 Å². The quantitative estimate of drug-likeness (QED) is 0.516. The fourth-order valence-electron chi connectivity index (χ4n) is 0. The predicted octanol–water partition coefficient (Wildman–Crippen LogP) is -0.800. The van der Waals surface area contributed by atoms with E-state index >= 15 is 0 Å². The minimum atomic E-state index is -3.69. The van der Waals surface area contributed by atoms with Gasteiger partial charge in [0.1, 0.15) is 0 Å². The summed E-state index contributed by atoms with van der Waals surface area (Å²) in [7, 11) is 0. The maximum absolute atomic E-state index is 8.67. The summed E-state index contributed by atoms with van der Waals surface area (Å²) in [6.07, 6.45) is 0. The van der Waals surface area contributed by atoms with E-state index in [0.29, 0.717) is 0 Å². The van der Waals surface area contributed by atoms with Crippen LogP contribution in [0.4, 0.5) is 0 Å². The van der Waals surface area contributed by atoms with Gasteiger partial charge < -0.3 is 0 Å². The zero-order valence-electron chi connectivity index (χ0n) is 2.12. The molecule has 1 N–H and O–H groups in total. The van der Waals surface area contributed by atoms with Gasteiger partial charge in [0.25, 0.3) is 0 Å². The first-order valence-electron chi connectivity index (χ1n) is 0.565. The second-order valence-corrected chi connectivity index (χ2v) is 0.981. The molecule has 0 heterocycles. The van der Waals surface area contributed by atoms with Crippen LogP contribution in [0.1, 0.15) is 0 Å². The van der Waals surface area contributed by atoms with Gasteiger partial charge in [-0.1, -0.05) is 0 Å². The van der Waals surface area contributed by atoms with Crippen molar-refractivity contribution in [3.63, 3.8) is 0 Å². The van der Waals surface area contributed by atoms with Crippen LogP contribution in [0.3, 0.4) is 0 Å². The average Bonchev–Trinajstić information content (AvgIpc) is 0.811. The van der Waals surface area contributed by atoms with Gasteiger partial charge in [-0.2, -0.15) is 0 Å². The summed E-state index contributed by atoms with van der Waals surface area (Å²) < 4.78 is 24.4. The first kappa shape index (κ1) is 9.27. The van der Waals surface area contributed by atoms with Gasteiger partial charge in [-0.25, -0.2) is 0 Å². The van der Waals surface area contributed by atoms with Crippen LogP contribution in [0.5, 0.6) is 0 Å². The van der Waals surface area contributed by atoms with E-state index in [1.807, 2.05) is 0 Å².